The number of quaternary nitrogens is 2. The number of benzene rings is 1. The van der Waals surface area contributed by atoms with Gasteiger partial charge in [0.15, 0.2) is 6.54 Å². The van der Waals surface area contributed by atoms with Crippen molar-refractivity contribution in [2.75, 3.05) is 39.3 Å². The number of nitrogens with zero attached hydrogens (tertiary/aromatic N) is 1. The zero-order valence-electron chi connectivity index (χ0n) is 16.0. The minimum Gasteiger partial charge on any atom is -0.355 e. The predicted molar refractivity (Wildman–Crippen MR) is 106 cm³/mol. The van der Waals surface area contributed by atoms with Crippen molar-refractivity contribution in [3.63, 3.8) is 0 Å². The minimum atomic E-state index is -0.484. The maximum absolute atomic E-state index is 12.2. The molecule has 1 aliphatic heterocycles. The van der Waals surface area contributed by atoms with Crippen molar-refractivity contribution in [1.82, 2.24) is 15.6 Å². The molecule has 0 aliphatic carbocycles. The number of amides is 2. The lowest BCUT2D eigenvalue weighted by atomic mass is 10.3. The Bertz CT molecular complexity index is 752. The topological polar surface area (TPSA) is 80.0 Å². The number of hydrogen-bond acceptors (Lipinski definition) is 4. The Kier molecular flexibility index (Phi) is 6.76. The van der Waals surface area contributed by atoms with Crippen LogP contribution < -0.4 is 20.4 Å². The first-order chi connectivity index (χ1) is 13.0. The lowest BCUT2D eigenvalue weighted by Gasteiger charge is -2.29. The van der Waals surface area contributed by atoms with Crippen molar-refractivity contribution in [3.05, 3.63) is 29.3 Å². The van der Waals surface area contributed by atoms with Crippen LogP contribution in [0.15, 0.2) is 24.3 Å². The number of nitrogens with one attached hydrogen (secondary N) is 4. The molecule has 0 bridgehead atoms. The zero-order valence-corrected chi connectivity index (χ0v) is 16.8. The van der Waals surface area contributed by atoms with Gasteiger partial charge in [0.05, 0.1) is 10.2 Å². The molecule has 8 heteroatoms. The van der Waals surface area contributed by atoms with Crippen molar-refractivity contribution in [1.29, 1.82) is 0 Å². The highest BCUT2D eigenvalue weighted by Gasteiger charge is 2.26. The van der Waals surface area contributed by atoms with E-state index in [-0.39, 0.29) is 11.8 Å². The van der Waals surface area contributed by atoms with Gasteiger partial charge in [0, 0.05) is 6.54 Å². The second-order valence-electron chi connectivity index (χ2n) is 7.11. The highest BCUT2D eigenvalue weighted by Crippen LogP contribution is 2.20. The van der Waals surface area contributed by atoms with Gasteiger partial charge in [0.2, 0.25) is 5.91 Å². The van der Waals surface area contributed by atoms with Crippen molar-refractivity contribution >= 4 is 33.4 Å². The molecule has 1 fully saturated rings. The van der Waals surface area contributed by atoms with Gasteiger partial charge in [-0.3, -0.25) is 9.59 Å². The highest BCUT2D eigenvalue weighted by molar-refractivity contribution is 7.18. The number of piperazine rings is 1. The number of likely N-dealkylation sites (N-methyl/N-ethyl adjacent to an activating group) is 1. The maximum Gasteiger partial charge on any atom is 0.275 e. The third kappa shape index (κ3) is 5.47. The van der Waals surface area contributed by atoms with Crippen LogP contribution in [0.3, 0.4) is 0 Å². The SMILES string of the molecule is CCNC(=O)[C@H](C)NC(=O)C[NH+]1CC[NH+](Cc2nc3ccccc3s2)CC1. The van der Waals surface area contributed by atoms with Crippen LogP contribution in [-0.4, -0.2) is 62.1 Å². The summed E-state index contributed by atoms with van der Waals surface area (Å²) >= 11 is 1.78. The third-order valence-corrected chi connectivity index (χ3v) is 5.97. The summed E-state index contributed by atoms with van der Waals surface area (Å²) in [6, 6.07) is 7.78. The van der Waals surface area contributed by atoms with Gasteiger partial charge in [-0.05, 0) is 26.0 Å². The number of carbonyl (C=O) groups is 2. The van der Waals surface area contributed by atoms with E-state index in [1.54, 1.807) is 18.3 Å². The first kappa shape index (κ1) is 19.7. The monoisotopic (exact) mass is 391 g/mol. The fourth-order valence-electron chi connectivity index (χ4n) is 3.43. The van der Waals surface area contributed by atoms with E-state index in [1.807, 2.05) is 13.0 Å². The molecule has 1 aliphatic rings. The summed E-state index contributed by atoms with van der Waals surface area (Å²) in [5.41, 5.74) is 1.08. The van der Waals surface area contributed by atoms with Crippen LogP contribution in [0.5, 0.6) is 0 Å². The first-order valence-corrected chi connectivity index (χ1v) is 10.5. The van der Waals surface area contributed by atoms with E-state index in [9.17, 15) is 9.59 Å². The van der Waals surface area contributed by atoms with E-state index in [2.05, 4.69) is 28.8 Å². The molecule has 4 N–H and O–H groups in total. The van der Waals surface area contributed by atoms with E-state index in [4.69, 9.17) is 4.98 Å². The first-order valence-electron chi connectivity index (χ1n) is 9.63. The summed E-state index contributed by atoms with van der Waals surface area (Å²) in [4.78, 5) is 31.4. The summed E-state index contributed by atoms with van der Waals surface area (Å²) in [7, 11) is 0. The molecule has 2 aromatic rings. The lowest BCUT2D eigenvalue weighted by Crippen LogP contribution is -3.28. The number of thiazole rings is 1. The van der Waals surface area contributed by atoms with Gasteiger partial charge in [-0.25, -0.2) is 4.98 Å². The number of hydrogen-bond donors (Lipinski definition) is 4. The van der Waals surface area contributed by atoms with Crippen LogP contribution in [0.2, 0.25) is 0 Å². The Labute approximate surface area is 163 Å². The van der Waals surface area contributed by atoms with Crippen molar-refractivity contribution in [2.45, 2.75) is 26.4 Å². The predicted octanol–water partition coefficient (Wildman–Crippen LogP) is -1.78. The van der Waals surface area contributed by atoms with E-state index in [0.29, 0.717) is 13.1 Å². The van der Waals surface area contributed by atoms with Crippen LogP contribution in [0.1, 0.15) is 18.9 Å². The molecule has 27 heavy (non-hydrogen) atoms. The van der Waals surface area contributed by atoms with E-state index >= 15 is 0 Å². The molecule has 7 nitrogen and oxygen atoms in total. The molecule has 0 spiro atoms. The average molecular weight is 392 g/mol. The number of para-hydroxylation sites is 1. The summed E-state index contributed by atoms with van der Waals surface area (Å²) < 4.78 is 1.24. The Morgan fingerprint density at radius 3 is 2.59 bits per heavy atom. The molecule has 0 saturated carbocycles. The van der Waals surface area contributed by atoms with E-state index in [1.165, 1.54) is 19.5 Å². The number of fused-ring (bicyclic) bond motifs is 1. The maximum atomic E-state index is 12.2. The van der Waals surface area contributed by atoms with E-state index < -0.39 is 6.04 Å². The second-order valence-corrected chi connectivity index (χ2v) is 8.23. The van der Waals surface area contributed by atoms with Crippen molar-refractivity contribution < 1.29 is 19.4 Å². The Morgan fingerprint density at radius 1 is 1.19 bits per heavy atom. The second kappa shape index (κ2) is 9.25. The van der Waals surface area contributed by atoms with Gasteiger partial charge in [-0.2, -0.15) is 0 Å². The average Bonchev–Trinajstić information content (AvgIpc) is 3.05. The molecule has 146 valence electrons. The number of rotatable bonds is 7. The standard InChI is InChI=1S/C19H27N5O2S/c1-3-20-19(26)14(2)21-17(25)12-23-8-10-24(11-9-23)13-18-22-15-6-4-5-7-16(15)27-18/h4-7,14H,3,8-13H2,1-2H3,(H,20,26)(H,21,25)/p+2/t14-/m0/s1. The molecule has 1 aromatic heterocycles. The number of aromatic nitrogens is 1. The Hall–Kier alpha value is -2.03. The summed E-state index contributed by atoms with van der Waals surface area (Å²) in [5, 5.41) is 6.70. The molecular weight excluding hydrogens is 362 g/mol. The molecule has 0 radical (unpaired) electrons. The van der Waals surface area contributed by atoms with Gasteiger partial charge in [0.1, 0.15) is 43.8 Å². The van der Waals surface area contributed by atoms with Gasteiger partial charge in [-0.1, -0.05) is 12.1 Å². The normalized spacial score (nSPS) is 21.0. The van der Waals surface area contributed by atoms with Crippen LogP contribution in [-0.2, 0) is 16.1 Å². The van der Waals surface area contributed by atoms with Gasteiger partial charge >= 0.3 is 0 Å². The van der Waals surface area contributed by atoms with Crippen LogP contribution in [0, 0.1) is 0 Å². The van der Waals surface area contributed by atoms with Gasteiger partial charge in [0.25, 0.3) is 5.91 Å². The molecule has 2 heterocycles. The Morgan fingerprint density at radius 2 is 1.89 bits per heavy atom. The highest BCUT2D eigenvalue weighted by atomic mass is 32.1. The van der Waals surface area contributed by atoms with Crippen molar-refractivity contribution in [3.8, 4) is 0 Å². The molecule has 1 saturated heterocycles. The van der Waals surface area contributed by atoms with Crippen LogP contribution >= 0.6 is 11.3 Å². The van der Waals surface area contributed by atoms with Gasteiger partial charge < -0.3 is 20.4 Å². The fraction of sp³-hybridized carbons (Fsp3) is 0.526. The zero-order chi connectivity index (χ0) is 19.2. The van der Waals surface area contributed by atoms with Crippen LogP contribution in [0.4, 0.5) is 0 Å². The number of carbonyl (C=O) groups excluding carboxylic acids is 2. The summed E-state index contributed by atoms with van der Waals surface area (Å²) in [6.45, 7) is 9.53. The molecule has 3 rings (SSSR count). The van der Waals surface area contributed by atoms with Crippen LogP contribution in [0.25, 0.3) is 10.2 Å². The van der Waals surface area contributed by atoms with Crippen molar-refractivity contribution in [2.24, 2.45) is 0 Å². The lowest BCUT2D eigenvalue weighted by molar-refractivity contribution is -1.02. The molecule has 1 atom stereocenters. The summed E-state index contributed by atoms with van der Waals surface area (Å²) in [5.74, 6) is -0.190. The molecule has 2 amide bonds. The molecule has 1 aromatic carbocycles. The molecule has 0 unspecified atom stereocenters. The quantitative estimate of drug-likeness (QED) is 0.451. The van der Waals surface area contributed by atoms with E-state index in [0.717, 1.165) is 38.2 Å². The minimum absolute atomic E-state index is 0.0571. The largest absolute Gasteiger partial charge is 0.355 e. The van der Waals surface area contributed by atoms with Gasteiger partial charge in [-0.15, -0.1) is 11.3 Å². The summed E-state index contributed by atoms with van der Waals surface area (Å²) in [6.07, 6.45) is 0. The molecular formula is C19H29N5O2S+2. The Balaban J connectivity index is 1.42. The fourth-order valence-corrected chi connectivity index (χ4v) is 4.47. The smallest absolute Gasteiger partial charge is 0.275 e. The third-order valence-electron chi connectivity index (χ3n) is 4.94.